The quantitative estimate of drug-likeness (QED) is 0.641. The van der Waals surface area contributed by atoms with Crippen molar-refractivity contribution in [2.45, 2.75) is 25.7 Å². The maximum absolute atomic E-state index is 12.7. The molecule has 0 heterocycles. The van der Waals surface area contributed by atoms with Crippen molar-refractivity contribution in [3.8, 4) is 0 Å². The molecule has 0 aliphatic heterocycles. The summed E-state index contributed by atoms with van der Waals surface area (Å²) in [5, 5.41) is 0. The van der Waals surface area contributed by atoms with Crippen LogP contribution in [0.1, 0.15) is 31.2 Å². The van der Waals surface area contributed by atoms with E-state index in [1.165, 1.54) is 12.1 Å². The highest BCUT2D eigenvalue weighted by atomic mass is 19.1. The van der Waals surface area contributed by atoms with E-state index in [4.69, 9.17) is 0 Å². The zero-order chi connectivity index (χ0) is 10.7. The molecule has 0 amide bonds. The van der Waals surface area contributed by atoms with Gasteiger partial charge in [0.15, 0.2) is 5.78 Å². The van der Waals surface area contributed by atoms with Crippen LogP contribution in [-0.4, -0.2) is 5.78 Å². The molecule has 78 valence electrons. The molecule has 0 saturated heterocycles. The van der Waals surface area contributed by atoms with Gasteiger partial charge in [-0.05, 0) is 48.6 Å². The molecular weight excluding hydrogens is 191 g/mol. The van der Waals surface area contributed by atoms with Crippen molar-refractivity contribution in [2.75, 3.05) is 0 Å². The van der Waals surface area contributed by atoms with Gasteiger partial charge in [0, 0.05) is 6.42 Å². The highest BCUT2D eigenvalue weighted by Gasteiger charge is 2.14. The second kappa shape index (κ2) is 4.39. The molecule has 1 saturated carbocycles. The van der Waals surface area contributed by atoms with E-state index in [2.05, 4.69) is 0 Å². The summed E-state index contributed by atoms with van der Waals surface area (Å²) in [7, 11) is 0. The van der Waals surface area contributed by atoms with Crippen LogP contribution in [0.25, 0.3) is 6.08 Å². The van der Waals surface area contributed by atoms with Gasteiger partial charge in [0.2, 0.25) is 0 Å². The minimum atomic E-state index is -0.243. The molecule has 0 unspecified atom stereocenters. The van der Waals surface area contributed by atoms with E-state index in [1.54, 1.807) is 12.1 Å². The monoisotopic (exact) mass is 204 g/mol. The zero-order valence-electron chi connectivity index (χ0n) is 8.50. The lowest BCUT2D eigenvalue weighted by Crippen LogP contribution is -2.07. The van der Waals surface area contributed by atoms with E-state index in [0.29, 0.717) is 6.42 Å². The number of hydrogen-bond acceptors (Lipinski definition) is 1. The first-order valence-corrected chi connectivity index (χ1v) is 5.25. The average molecular weight is 204 g/mol. The number of Topliss-reactive ketones (excluding diaryl/α,β-unsaturated/α-hetero) is 1. The number of rotatable bonds is 1. The van der Waals surface area contributed by atoms with Crippen LogP contribution in [0.3, 0.4) is 0 Å². The van der Waals surface area contributed by atoms with Gasteiger partial charge in [0.1, 0.15) is 5.82 Å². The zero-order valence-corrected chi connectivity index (χ0v) is 8.50. The van der Waals surface area contributed by atoms with Crippen LogP contribution >= 0.6 is 0 Å². The highest BCUT2D eigenvalue weighted by Crippen LogP contribution is 2.22. The van der Waals surface area contributed by atoms with Crippen LogP contribution in [0.4, 0.5) is 4.39 Å². The fourth-order valence-corrected chi connectivity index (χ4v) is 1.81. The van der Waals surface area contributed by atoms with Crippen molar-refractivity contribution in [1.82, 2.24) is 0 Å². The molecule has 15 heavy (non-hydrogen) atoms. The molecule has 0 aromatic heterocycles. The molecule has 0 bridgehead atoms. The molecule has 1 aliphatic rings. The van der Waals surface area contributed by atoms with Crippen LogP contribution < -0.4 is 0 Å². The number of carbonyl (C=O) groups is 1. The molecule has 0 N–H and O–H groups in total. The van der Waals surface area contributed by atoms with Crippen molar-refractivity contribution in [3.63, 3.8) is 0 Å². The highest BCUT2D eigenvalue weighted by molar-refractivity contribution is 6.00. The first-order valence-electron chi connectivity index (χ1n) is 5.25. The summed E-state index contributed by atoms with van der Waals surface area (Å²) in [6, 6.07) is 6.23. The van der Waals surface area contributed by atoms with Crippen LogP contribution in [0.5, 0.6) is 0 Å². The second-order valence-electron chi connectivity index (χ2n) is 3.85. The largest absolute Gasteiger partial charge is 0.295 e. The third-order valence-corrected chi connectivity index (χ3v) is 2.67. The predicted molar refractivity (Wildman–Crippen MR) is 57.9 cm³/mol. The lowest BCUT2D eigenvalue weighted by atomic mass is 9.92. The Morgan fingerprint density at radius 2 is 1.73 bits per heavy atom. The third-order valence-electron chi connectivity index (χ3n) is 2.67. The molecule has 2 rings (SSSR count). The SMILES string of the molecule is O=C1CCCC/C1=C\c1ccc(F)cc1. The standard InChI is InChI=1S/C13H13FO/c14-12-7-5-10(6-8-12)9-11-3-1-2-4-13(11)15/h5-9H,1-4H2/b11-9+. The summed E-state index contributed by atoms with van der Waals surface area (Å²) in [5.41, 5.74) is 1.79. The van der Waals surface area contributed by atoms with Crippen LogP contribution in [0, 0.1) is 5.82 Å². The van der Waals surface area contributed by atoms with Crippen LogP contribution in [-0.2, 0) is 4.79 Å². The van der Waals surface area contributed by atoms with E-state index in [-0.39, 0.29) is 11.6 Å². The Balaban J connectivity index is 2.21. The van der Waals surface area contributed by atoms with Crippen molar-refractivity contribution < 1.29 is 9.18 Å². The van der Waals surface area contributed by atoms with Crippen molar-refractivity contribution >= 4 is 11.9 Å². The summed E-state index contributed by atoms with van der Waals surface area (Å²) in [6.07, 6.45) is 5.47. The number of allylic oxidation sites excluding steroid dienone is 1. The molecule has 2 heteroatoms. The van der Waals surface area contributed by atoms with E-state index < -0.39 is 0 Å². The summed E-state index contributed by atoms with van der Waals surface area (Å²) < 4.78 is 12.7. The maximum Gasteiger partial charge on any atom is 0.158 e. The molecule has 0 radical (unpaired) electrons. The number of benzene rings is 1. The van der Waals surface area contributed by atoms with Crippen LogP contribution in [0.2, 0.25) is 0 Å². The third kappa shape index (κ3) is 2.52. The molecule has 0 atom stereocenters. The minimum absolute atomic E-state index is 0.241. The Hall–Kier alpha value is -1.44. The van der Waals surface area contributed by atoms with Gasteiger partial charge in [-0.15, -0.1) is 0 Å². The molecule has 1 aromatic rings. The lowest BCUT2D eigenvalue weighted by molar-refractivity contribution is -0.116. The van der Waals surface area contributed by atoms with Gasteiger partial charge in [0.25, 0.3) is 0 Å². The minimum Gasteiger partial charge on any atom is -0.295 e. The predicted octanol–water partition coefficient (Wildman–Crippen LogP) is 3.35. The van der Waals surface area contributed by atoms with Gasteiger partial charge in [-0.2, -0.15) is 0 Å². The smallest absolute Gasteiger partial charge is 0.158 e. The molecular formula is C13H13FO. The topological polar surface area (TPSA) is 17.1 Å². The van der Waals surface area contributed by atoms with Gasteiger partial charge < -0.3 is 0 Å². The number of halogens is 1. The fraction of sp³-hybridized carbons (Fsp3) is 0.308. The Bertz CT molecular complexity index is 390. The van der Waals surface area contributed by atoms with E-state index in [9.17, 15) is 9.18 Å². The van der Waals surface area contributed by atoms with Crippen molar-refractivity contribution in [2.24, 2.45) is 0 Å². The summed E-state index contributed by atoms with van der Waals surface area (Å²) in [6.45, 7) is 0. The van der Waals surface area contributed by atoms with Gasteiger partial charge in [0.05, 0.1) is 0 Å². The van der Waals surface area contributed by atoms with E-state index >= 15 is 0 Å². The molecule has 0 spiro atoms. The Morgan fingerprint density at radius 1 is 1.07 bits per heavy atom. The summed E-state index contributed by atoms with van der Waals surface area (Å²) in [5.74, 6) is -0.00213. The molecule has 1 aromatic carbocycles. The Kier molecular flexibility index (Phi) is 2.95. The Morgan fingerprint density at radius 3 is 2.40 bits per heavy atom. The molecule has 1 fully saturated rings. The molecule has 1 nitrogen and oxygen atoms in total. The second-order valence-corrected chi connectivity index (χ2v) is 3.85. The number of hydrogen-bond donors (Lipinski definition) is 0. The van der Waals surface area contributed by atoms with Gasteiger partial charge in [-0.3, -0.25) is 4.79 Å². The van der Waals surface area contributed by atoms with Gasteiger partial charge in [-0.25, -0.2) is 4.39 Å². The fourth-order valence-electron chi connectivity index (χ4n) is 1.81. The maximum atomic E-state index is 12.7. The molecule has 1 aliphatic carbocycles. The lowest BCUT2D eigenvalue weighted by Gasteiger charge is -2.12. The number of carbonyl (C=O) groups excluding carboxylic acids is 1. The van der Waals surface area contributed by atoms with E-state index in [0.717, 1.165) is 30.4 Å². The van der Waals surface area contributed by atoms with Crippen molar-refractivity contribution in [3.05, 3.63) is 41.2 Å². The first-order chi connectivity index (χ1) is 7.25. The normalized spacial score (nSPS) is 19.5. The number of ketones is 1. The first kappa shape index (κ1) is 10.1. The van der Waals surface area contributed by atoms with Crippen molar-refractivity contribution in [1.29, 1.82) is 0 Å². The summed E-state index contributed by atoms with van der Waals surface area (Å²) in [4.78, 5) is 11.5. The van der Waals surface area contributed by atoms with Gasteiger partial charge in [-0.1, -0.05) is 12.1 Å². The summed E-state index contributed by atoms with van der Waals surface area (Å²) >= 11 is 0. The Labute approximate surface area is 88.6 Å². The van der Waals surface area contributed by atoms with Gasteiger partial charge >= 0.3 is 0 Å². The van der Waals surface area contributed by atoms with Crippen LogP contribution in [0.15, 0.2) is 29.8 Å². The van der Waals surface area contributed by atoms with E-state index in [1.807, 2.05) is 6.08 Å². The average Bonchev–Trinajstić information content (AvgIpc) is 2.25.